The monoisotopic (exact) mass is 106 g/mol. The molecule has 1 atom stereocenters. The molecule has 8 heavy (non-hydrogen) atoms. The van der Waals surface area contributed by atoms with Crippen LogP contribution in [-0.2, 0) is 0 Å². The Hall–Kier alpha value is -0.520. The van der Waals surface area contributed by atoms with E-state index in [0.29, 0.717) is 0 Å². The second-order valence-corrected chi connectivity index (χ2v) is 2.66. The molecule has 0 aromatic rings. The van der Waals surface area contributed by atoms with Gasteiger partial charge in [0, 0.05) is 0 Å². The average molecular weight is 106 g/mol. The molecule has 0 saturated heterocycles. The third-order valence-corrected chi connectivity index (χ3v) is 1.99. The van der Waals surface area contributed by atoms with Crippen LogP contribution in [0.3, 0.4) is 0 Å². The molecule has 0 fully saturated rings. The first-order chi connectivity index (χ1) is 3.95. The van der Waals surface area contributed by atoms with E-state index in [1.165, 1.54) is 19.3 Å². The maximum Gasteiger partial charge on any atom is -0.00444 e. The summed E-state index contributed by atoms with van der Waals surface area (Å²) in [7, 11) is 0. The Bertz CT molecular complexity index is 151. The van der Waals surface area contributed by atoms with Crippen molar-refractivity contribution in [2.45, 2.75) is 19.3 Å². The van der Waals surface area contributed by atoms with Crippen molar-refractivity contribution in [1.29, 1.82) is 0 Å². The average Bonchev–Trinajstić information content (AvgIpc) is 2.12. The highest BCUT2D eigenvalue weighted by Crippen LogP contribution is 2.29. The smallest absolute Gasteiger partial charge is 0.00444 e. The molecule has 0 radical (unpaired) electrons. The molecule has 0 aromatic heterocycles. The summed E-state index contributed by atoms with van der Waals surface area (Å²) in [5.74, 6) is 0.818. The van der Waals surface area contributed by atoms with Crippen LogP contribution in [0.4, 0.5) is 0 Å². The van der Waals surface area contributed by atoms with Crippen molar-refractivity contribution in [2.75, 3.05) is 0 Å². The lowest BCUT2D eigenvalue weighted by molar-refractivity contribution is 0.637. The summed E-state index contributed by atoms with van der Waals surface area (Å²) < 4.78 is 0. The van der Waals surface area contributed by atoms with Crippen molar-refractivity contribution in [3.63, 3.8) is 0 Å². The van der Waals surface area contributed by atoms with Gasteiger partial charge in [-0.2, -0.15) is 0 Å². The predicted molar refractivity (Wildman–Crippen MR) is 34.6 cm³/mol. The van der Waals surface area contributed by atoms with Gasteiger partial charge in [0.2, 0.25) is 0 Å². The van der Waals surface area contributed by atoms with Gasteiger partial charge in [-0.05, 0) is 25.2 Å². The summed E-state index contributed by atoms with van der Waals surface area (Å²) in [5, 5.41) is 0. The molecule has 0 heterocycles. The third-order valence-electron chi connectivity index (χ3n) is 1.99. The van der Waals surface area contributed by atoms with Crippen molar-refractivity contribution in [1.82, 2.24) is 0 Å². The molecule has 0 heteroatoms. The summed E-state index contributed by atoms with van der Waals surface area (Å²) >= 11 is 0. The SMILES string of the molecule is C1=CC2C=C1CCC2. The van der Waals surface area contributed by atoms with E-state index >= 15 is 0 Å². The Labute approximate surface area is 49.9 Å². The van der Waals surface area contributed by atoms with Crippen LogP contribution < -0.4 is 0 Å². The zero-order chi connectivity index (χ0) is 5.40. The minimum absolute atomic E-state index is 0.818. The standard InChI is InChI=1S/C8H10/c1-2-7-4-5-8(3-1)6-7/h4-7H,1-3H2. The normalized spacial score (nSPS) is 33.0. The molecule has 1 unspecified atom stereocenters. The van der Waals surface area contributed by atoms with Gasteiger partial charge in [0.25, 0.3) is 0 Å². The Morgan fingerprint density at radius 3 is 3.25 bits per heavy atom. The Morgan fingerprint density at radius 1 is 1.50 bits per heavy atom. The fourth-order valence-corrected chi connectivity index (χ4v) is 1.52. The topological polar surface area (TPSA) is 0 Å². The second-order valence-electron chi connectivity index (χ2n) is 2.66. The molecule has 0 saturated carbocycles. The van der Waals surface area contributed by atoms with Crippen molar-refractivity contribution in [2.24, 2.45) is 5.92 Å². The van der Waals surface area contributed by atoms with E-state index < -0.39 is 0 Å². The lowest BCUT2D eigenvalue weighted by Crippen LogP contribution is -1.93. The van der Waals surface area contributed by atoms with Crippen LogP contribution >= 0.6 is 0 Å². The minimum Gasteiger partial charge on any atom is -0.0773 e. The zero-order valence-corrected chi connectivity index (χ0v) is 4.93. The van der Waals surface area contributed by atoms with Gasteiger partial charge in [-0.25, -0.2) is 0 Å². The van der Waals surface area contributed by atoms with Gasteiger partial charge < -0.3 is 0 Å². The van der Waals surface area contributed by atoms with Gasteiger partial charge in [-0.1, -0.05) is 23.8 Å². The second kappa shape index (κ2) is 1.48. The molecule has 2 aliphatic rings. The van der Waals surface area contributed by atoms with E-state index in [0.717, 1.165) is 5.92 Å². The zero-order valence-electron chi connectivity index (χ0n) is 4.93. The quantitative estimate of drug-likeness (QED) is 0.444. The molecule has 0 nitrogen and oxygen atoms in total. The molecule has 0 N–H and O–H groups in total. The van der Waals surface area contributed by atoms with Crippen molar-refractivity contribution in [3.05, 3.63) is 23.8 Å². The van der Waals surface area contributed by atoms with Crippen LogP contribution in [0.2, 0.25) is 0 Å². The first kappa shape index (κ1) is 4.37. The van der Waals surface area contributed by atoms with Crippen LogP contribution in [0.1, 0.15) is 19.3 Å². The maximum atomic E-state index is 2.39. The van der Waals surface area contributed by atoms with E-state index in [9.17, 15) is 0 Å². The van der Waals surface area contributed by atoms with E-state index in [4.69, 9.17) is 0 Å². The van der Waals surface area contributed by atoms with Crippen molar-refractivity contribution >= 4 is 0 Å². The fourth-order valence-electron chi connectivity index (χ4n) is 1.52. The molecule has 0 aliphatic heterocycles. The third kappa shape index (κ3) is 0.525. The Balaban J connectivity index is 2.31. The molecular formula is C8H10. The van der Waals surface area contributed by atoms with Gasteiger partial charge in [0.05, 0.1) is 0 Å². The number of rotatable bonds is 0. The molecule has 0 aromatic carbocycles. The molecule has 42 valence electrons. The molecule has 2 aliphatic carbocycles. The van der Waals surface area contributed by atoms with Gasteiger partial charge in [0.1, 0.15) is 0 Å². The fraction of sp³-hybridized carbons (Fsp3) is 0.500. The largest absolute Gasteiger partial charge is 0.0773 e. The van der Waals surface area contributed by atoms with E-state index in [-0.39, 0.29) is 0 Å². The molecule has 2 bridgehead atoms. The number of hydrogen-bond acceptors (Lipinski definition) is 0. The van der Waals surface area contributed by atoms with Gasteiger partial charge in [-0.3, -0.25) is 0 Å². The van der Waals surface area contributed by atoms with Crippen molar-refractivity contribution < 1.29 is 0 Å². The van der Waals surface area contributed by atoms with Crippen LogP contribution in [0, 0.1) is 5.92 Å². The first-order valence-electron chi connectivity index (χ1n) is 3.34. The predicted octanol–water partition coefficient (Wildman–Crippen LogP) is 2.28. The highest BCUT2D eigenvalue weighted by molar-refractivity contribution is 5.30. The van der Waals surface area contributed by atoms with Crippen LogP contribution in [-0.4, -0.2) is 0 Å². The van der Waals surface area contributed by atoms with E-state index in [1.807, 2.05) is 0 Å². The van der Waals surface area contributed by atoms with Crippen LogP contribution in [0.25, 0.3) is 0 Å². The summed E-state index contributed by atoms with van der Waals surface area (Å²) in [5.41, 5.74) is 1.57. The molecule has 2 rings (SSSR count). The minimum atomic E-state index is 0.818. The number of fused-ring (bicyclic) bond motifs is 1. The highest BCUT2D eigenvalue weighted by Gasteiger charge is 2.13. The van der Waals surface area contributed by atoms with E-state index in [2.05, 4.69) is 18.2 Å². The van der Waals surface area contributed by atoms with Crippen LogP contribution in [0.15, 0.2) is 23.8 Å². The summed E-state index contributed by atoms with van der Waals surface area (Å²) in [6, 6.07) is 0. The Kier molecular flexibility index (Phi) is 0.806. The van der Waals surface area contributed by atoms with Gasteiger partial charge >= 0.3 is 0 Å². The highest BCUT2D eigenvalue weighted by atomic mass is 14.2. The summed E-state index contributed by atoms with van der Waals surface area (Å²) in [4.78, 5) is 0. The molecular weight excluding hydrogens is 96.1 g/mol. The number of hydrogen-bond donors (Lipinski definition) is 0. The number of allylic oxidation sites excluding steroid dienone is 4. The summed E-state index contributed by atoms with van der Waals surface area (Å²) in [6.45, 7) is 0. The Morgan fingerprint density at radius 2 is 2.50 bits per heavy atom. The maximum absolute atomic E-state index is 2.39. The molecule has 0 amide bonds. The van der Waals surface area contributed by atoms with Crippen LogP contribution in [0.5, 0.6) is 0 Å². The lowest BCUT2D eigenvalue weighted by Gasteiger charge is -2.08. The van der Waals surface area contributed by atoms with Gasteiger partial charge in [-0.15, -0.1) is 0 Å². The molecule has 0 spiro atoms. The summed E-state index contributed by atoms with van der Waals surface area (Å²) in [6.07, 6.45) is 11.1. The van der Waals surface area contributed by atoms with Gasteiger partial charge in [0.15, 0.2) is 0 Å². The first-order valence-corrected chi connectivity index (χ1v) is 3.34. The van der Waals surface area contributed by atoms with Crippen molar-refractivity contribution in [3.8, 4) is 0 Å². The lowest BCUT2D eigenvalue weighted by atomic mass is 9.97. The van der Waals surface area contributed by atoms with E-state index in [1.54, 1.807) is 5.57 Å².